The number of urea groups is 1. The molecule has 2 amide bonds. The third kappa shape index (κ3) is 3.38. The number of hydrogen-bond donors (Lipinski definition) is 2. The molecule has 0 fully saturated rings. The van der Waals surface area contributed by atoms with E-state index in [4.69, 9.17) is 16.0 Å². The summed E-state index contributed by atoms with van der Waals surface area (Å²) in [7, 11) is 0. The summed E-state index contributed by atoms with van der Waals surface area (Å²) in [6.45, 7) is 0. The number of hydrogen-bond acceptors (Lipinski definition) is 3. The van der Waals surface area contributed by atoms with Gasteiger partial charge in [0.2, 0.25) is 5.89 Å². The minimum absolute atomic E-state index is 0.382. The Morgan fingerprint density at radius 1 is 0.923 bits per heavy atom. The zero-order valence-electron chi connectivity index (χ0n) is 13.6. The van der Waals surface area contributed by atoms with Gasteiger partial charge in [0, 0.05) is 11.3 Å². The molecule has 26 heavy (non-hydrogen) atoms. The number of amides is 2. The largest absolute Gasteiger partial charge is 0.436 e. The first-order valence-corrected chi connectivity index (χ1v) is 8.35. The van der Waals surface area contributed by atoms with Crippen LogP contribution in [0, 0.1) is 0 Å². The van der Waals surface area contributed by atoms with Gasteiger partial charge in [-0.1, -0.05) is 41.9 Å². The molecule has 6 heteroatoms. The van der Waals surface area contributed by atoms with Crippen LogP contribution < -0.4 is 10.6 Å². The van der Waals surface area contributed by atoms with Gasteiger partial charge < -0.3 is 15.1 Å². The van der Waals surface area contributed by atoms with Gasteiger partial charge in [-0.05, 0) is 42.5 Å². The Kier molecular flexibility index (Phi) is 4.29. The van der Waals surface area contributed by atoms with Crippen molar-refractivity contribution in [2.45, 2.75) is 0 Å². The first kappa shape index (κ1) is 16.2. The van der Waals surface area contributed by atoms with Gasteiger partial charge >= 0.3 is 6.03 Å². The van der Waals surface area contributed by atoms with E-state index in [9.17, 15) is 4.79 Å². The first-order chi connectivity index (χ1) is 12.7. The summed E-state index contributed by atoms with van der Waals surface area (Å²) in [5.74, 6) is 0.501. The summed E-state index contributed by atoms with van der Waals surface area (Å²) in [6, 6.07) is 21.5. The van der Waals surface area contributed by atoms with E-state index in [0.717, 1.165) is 16.7 Å². The number of oxazole rings is 1. The van der Waals surface area contributed by atoms with Crippen molar-refractivity contribution in [3.63, 3.8) is 0 Å². The highest BCUT2D eigenvalue weighted by Gasteiger charge is 2.10. The molecular weight excluding hydrogens is 350 g/mol. The maximum absolute atomic E-state index is 12.2. The Morgan fingerprint density at radius 2 is 1.73 bits per heavy atom. The standard InChI is InChI=1S/C20H14ClN3O2/c21-15-8-1-2-9-16(15)24-20(25)22-14-7-5-6-13(12-14)19-23-17-10-3-4-11-18(17)26-19/h1-12H,(H2,22,24,25). The van der Waals surface area contributed by atoms with E-state index in [2.05, 4.69) is 15.6 Å². The predicted octanol–water partition coefficient (Wildman–Crippen LogP) is 5.79. The average Bonchev–Trinajstić information content (AvgIpc) is 3.08. The Labute approximate surface area is 154 Å². The van der Waals surface area contributed by atoms with Crippen molar-refractivity contribution >= 4 is 40.1 Å². The van der Waals surface area contributed by atoms with E-state index in [-0.39, 0.29) is 6.03 Å². The summed E-state index contributed by atoms with van der Waals surface area (Å²) >= 11 is 6.05. The van der Waals surface area contributed by atoms with Gasteiger partial charge in [0.15, 0.2) is 5.58 Å². The maximum Gasteiger partial charge on any atom is 0.323 e. The van der Waals surface area contributed by atoms with Gasteiger partial charge in [0.1, 0.15) is 5.52 Å². The summed E-state index contributed by atoms with van der Waals surface area (Å²) in [5, 5.41) is 5.98. The molecule has 1 aromatic heterocycles. The fourth-order valence-electron chi connectivity index (χ4n) is 2.57. The highest BCUT2D eigenvalue weighted by molar-refractivity contribution is 6.33. The smallest absolute Gasteiger partial charge is 0.323 e. The lowest BCUT2D eigenvalue weighted by atomic mass is 10.2. The van der Waals surface area contributed by atoms with Crippen LogP contribution in [0.15, 0.2) is 77.2 Å². The molecule has 0 saturated carbocycles. The number of para-hydroxylation sites is 3. The minimum Gasteiger partial charge on any atom is -0.436 e. The van der Waals surface area contributed by atoms with E-state index in [1.165, 1.54) is 0 Å². The number of carbonyl (C=O) groups excluding carboxylic acids is 1. The van der Waals surface area contributed by atoms with Crippen LogP contribution in [0.5, 0.6) is 0 Å². The molecule has 5 nitrogen and oxygen atoms in total. The van der Waals surface area contributed by atoms with Crippen LogP contribution in [-0.2, 0) is 0 Å². The molecule has 0 unspecified atom stereocenters. The summed E-state index contributed by atoms with van der Waals surface area (Å²) in [6.07, 6.45) is 0. The molecule has 0 aliphatic carbocycles. The SMILES string of the molecule is O=C(Nc1cccc(-c2nc3ccccc3o2)c1)Nc1ccccc1Cl. The predicted molar refractivity (Wildman–Crippen MR) is 104 cm³/mol. The monoisotopic (exact) mass is 363 g/mol. The third-order valence-corrected chi connectivity index (χ3v) is 4.11. The van der Waals surface area contributed by atoms with E-state index in [1.54, 1.807) is 36.4 Å². The Hall–Kier alpha value is -3.31. The van der Waals surface area contributed by atoms with Crippen LogP contribution in [0.3, 0.4) is 0 Å². The maximum atomic E-state index is 12.2. The number of fused-ring (bicyclic) bond motifs is 1. The number of carbonyl (C=O) groups is 1. The Balaban J connectivity index is 1.54. The van der Waals surface area contributed by atoms with E-state index in [1.807, 2.05) is 36.4 Å². The van der Waals surface area contributed by atoms with Crippen molar-refractivity contribution < 1.29 is 9.21 Å². The highest BCUT2D eigenvalue weighted by Crippen LogP contribution is 2.26. The molecule has 0 spiro atoms. The van der Waals surface area contributed by atoms with Gasteiger partial charge in [0.05, 0.1) is 10.7 Å². The quantitative estimate of drug-likeness (QED) is 0.484. The fraction of sp³-hybridized carbons (Fsp3) is 0. The van der Waals surface area contributed by atoms with E-state index >= 15 is 0 Å². The van der Waals surface area contributed by atoms with Crippen molar-refractivity contribution in [3.05, 3.63) is 77.8 Å². The number of halogens is 1. The average molecular weight is 364 g/mol. The lowest BCUT2D eigenvalue weighted by molar-refractivity contribution is 0.262. The lowest BCUT2D eigenvalue weighted by Gasteiger charge is -2.09. The molecule has 0 bridgehead atoms. The molecule has 2 N–H and O–H groups in total. The second-order valence-electron chi connectivity index (χ2n) is 5.63. The van der Waals surface area contributed by atoms with Crippen LogP contribution in [0.4, 0.5) is 16.2 Å². The lowest BCUT2D eigenvalue weighted by Crippen LogP contribution is -2.19. The van der Waals surface area contributed by atoms with Crippen LogP contribution >= 0.6 is 11.6 Å². The first-order valence-electron chi connectivity index (χ1n) is 7.97. The van der Waals surface area contributed by atoms with Crippen molar-refractivity contribution in [1.82, 2.24) is 4.98 Å². The Morgan fingerprint density at radius 3 is 2.58 bits per heavy atom. The normalized spacial score (nSPS) is 10.7. The van der Waals surface area contributed by atoms with Gasteiger partial charge in [-0.25, -0.2) is 9.78 Å². The number of nitrogens with zero attached hydrogens (tertiary/aromatic N) is 1. The molecule has 1 heterocycles. The molecule has 4 aromatic rings. The molecule has 4 rings (SSSR count). The summed E-state index contributed by atoms with van der Waals surface area (Å²) in [4.78, 5) is 16.7. The van der Waals surface area contributed by atoms with Gasteiger partial charge in [-0.15, -0.1) is 0 Å². The van der Waals surface area contributed by atoms with Crippen LogP contribution in [0.2, 0.25) is 5.02 Å². The van der Waals surface area contributed by atoms with Gasteiger partial charge in [0.25, 0.3) is 0 Å². The van der Waals surface area contributed by atoms with Crippen LogP contribution in [0.1, 0.15) is 0 Å². The second-order valence-corrected chi connectivity index (χ2v) is 6.03. The van der Waals surface area contributed by atoms with Crippen molar-refractivity contribution in [2.24, 2.45) is 0 Å². The molecular formula is C20H14ClN3O2. The number of rotatable bonds is 3. The zero-order valence-corrected chi connectivity index (χ0v) is 14.3. The van der Waals surface area contributed by atoms with E-state index in [0.29, 0.717) is 22.3 Å². The molecule has 0 aliphatic rings. The number of benzene rings is 3. The summed E-state index contributed by atoms with van der Waals surface area (Å²) < 4.78 is 5.77. The van der Waals surface area contributed by atoms with Crippen LogP contribution in [-0.4, -0.2) is 11.0 Å². The van der Waals surface area contributed by atoms with E-state index < -0.39 is 0 Å². The molecule has 3 aromatic carbocycles. The fourth-order valence-corrected chi connectivity index (χ4v) is 2.76. The summed E-state index contributed by atoms with van der Waals surface area (Å²) in [5.41, 5.74) is 3.45. The topological polar surface area (TPSA) is 67.2 Å². The van der Waals surface area contributed by atoms with Crippen LogP contribution in [0.25, 0.3) is 22.6 Å². The van der Waals surface area contributed by atoms with Gasteiger partial charge in [-0.3, -0.25) is 0 Å². The number of anilines is 2. The number of nitrogens with one attached hydrogen (secondary N) is 2. The van der Waals surface area contributed by atoms with Crippen molar-refractivity contribution in [3.8, 4) is 11.5 Å². The molecule has 0 aliphatic heterocycles. The van der Waals surface area contributed by atoms with Crippen molar-refractivity contribution in [1.29, 1.82) is 0 Å². The molecule has 0 saturated heterocycles. The van der Waals surface area contributed by atoms with Gasteiger partial charge in [-0.2, -0.15) is 0 Å². The highest BCUT2D eigenvalue weighted by atomic mass is 35.5. The molecule has 128 valence electrons. The van der Waals surface area contributed by atoms with Crippen molar-refractivity contribution in [2.75, 3.05) is 10.6 Å². The Bertz CT molecular complexity index is 1060. The molecule has 0 atom stereocenters. The zero-order chi connectivity index (χ0) is 17.9. The molecule has 0 radical (unpaired) electrons. The number of aromatic nitrogens is 1. The second kappa shape index (κ2) is 6.90. The third-order valence-electron chi connectivity index (χ3n) is 3.78. The minimum atomic E-state index is -0.382.